The standard InChI is InChI=1S/C16H18N2OS/c1-4-15(19)17-9-12-5-7-13(8-6-12)16-18-14(10-20-16)11(2)3/h4-8,10-11H,1,9H2,2-3H3,(H,17,19). The SMILES string of the molecule is C=CC(=O)NCc1ccc(-c2nc(C(C)C)cs2)cc1. The predicted octanol–water partition coefficient (Wildman–Crippen LogP) is 3.74. The zero-order valence-electron chi connectivity index (χ0n) is 11.7. The van der Waals surface area contributed by atoms with Gasteiger partial charge < -0.3 is 5.32 Å². The average Bonchev–Trinajstić information content (AvgIpc) is 2.95. The van der Waals surface area contributed by atoms with Gasteiger partial charge in [0.1, 0.15) is 5.01 Å². The van der Waals surface area contributed by atoms with Crippen LogP contribution < -0.4 is 5.32 Å². The summed E-state index contributed by atoms with van der Waals surface area (Å²) in [6.45, 7) is 8.22. The largest absolute Gasteiger partial charge is 0.348 e. The molecule has 4 heteroatoms. The number of thiazole rings is 1. The first-order valence-electron chi connectivity index (χ1n) is 6.55. The highest BCUT2D eigenvalue weighted by Gasteiger charge is 2.07. The smallest absolute Gasteiger partial charge is 0.243 e. The molecule has 20 heavy (non-hydrogen) atoms. The number of nitrogens with one attached hydrogen (secondary N) is 1. The van der Waals surface area contributed by atoms with Crippen molar-refractivity contribution in [2.75, 3.05) is 0 Å². The quantitative estimate of drug-likeness (QED) is 0.851. The molecular formula is C16H18N2OS. The molecule has 0 unspecified atom stereocenters. The molecule has 2 aromatic rings. The third kappa shape index (κ3) is 3.54. The molecule has 0 aliphatic rings. The molecule has 0 saturated heterocycles. The van der Waals surface area contributed by atoms with Crippen LogP contribution in [0.3, 0.4) is 0 Å². The lowest BCUT2D eigenvalue weighted by Crippen LogP contribution is -2.19. The van der Waals surface area contributed by atoms with Crippen LogP contribution >= 0.6 is 11.3 Å². The summed E-state index contributed by atoms with van der Waals surface area (Å²) in [5.41, 5.74) is 3.30. The molecule has 1 aromatic heterocycles. The molecule has 0 saturated carbocycles. The van der Waals surface area contributed by atoms with Gasteiger partial charge in [-0.2, -0.15) is 0 Å². The Morgan fingerprint density at radius 2 is 2.10 bits per heavy atom. The number of amides is 1. The van der Waals surface area contributed by atoms with E-state index in [1.807, 2.05) is 24.3 Å². The van der Waals surface area contributed by atoms with Gasteiger partial charge in [0.15, 0.2) is 0 Å². The second-order valence-electron chi connectivity index (χ2n) is 4.85. The van der Waals surface area contributed by atoms with Gasteiger partial charge in [-0.1, -0.05) is 44.7 Å². The van der Waals surface area contributed by atoms with Crippen molar-refractivity contribution in [2.45, 2.75) is 26.3 Å². The molecule has 0 aliphatic carbocycles. The number of rotatable bonds is 5. The predicted molar refractivity (Wildman–Crippen MR) is 83.7 cm³/mol. The van der Waals surface area contributed by atoms with Crippen molar-refractivity contribution in [2.24, 2.45) is 0 Å². The van der Waals surface area contributed by atoms with E-state index in [9.17, 15) is 4.79 Å². The summed E-state index contributed by atoms with van der Waals surface area (Å²) in [6.07, 6.45) is 1.28. The lowest BCUT2D eigenvalue weighted by molar-refractivity contribution is -0.116. The highest BCUT2D eigenvalue weighted by molar-refractivity contribution is 7.13. The van der Waals surface area contributed by atoms with E-state index in [0.29, 0.717) is 12.5 Å². The first kappa shape index (κ1) is 14.5. The van der Waals surface area contributed by atoms with E-state index < -0.39 is 0 Å². The van der Waals surface area contributed by atoms with Crippen LogP contribution in [0.2, 0.25) is 0 Å². The van der Waals surface area contributed by atoms with Gasteiger partial charge >= 0.3 is 0 Å². The van der Waals surface area contributed by atoms with Crippen LogP contribution in [-0.4, -0.2) is 10.9 Å². The summed E-state index contributed by atoms with van der Waals surface area (Å²) >= 11 is 1.66. The van der Waals surface area contributed by atoms with Crippen molar-refractivity contribution in [1.82, 2.24) is 10.3 Å². The van der Waals surface area contributed by atoms with Crippen molar-refractivity contribution in [1.29, 1.82) is 0 Å². The van der Waals surface area contributed by atoms with E-state index in [4.69, 9.17) is 0 Å². The van der Waals surface area contributed by atoms with E-state index in [1.54, 1.807) is 11.3 Å². The molecule has 0 bridgehead atoms. The van der Waals surface area contributed by atoms with E-state index in [1.165, 1.54) is 6.08 Å². The van der Waals surface area contributed by atoms with E-state index in [-0.39, 0.29) is 5.91 Å². The van der Waals surface area contributed by atoms with Crippen LogP contribution in [0, 0.1) is 0 Å². The lowest BCUT2D eigenvalue weighted by atomic mass is 10.1. The molecule has 1 amide bonds. The Morgan fingerprint density at radius 1 is 1.40 bits per heavy atom. The Kier molecular flexibility index (Phi) is 4.69. The summed E-state index contributed by atoms with van der Waals surface area (Å²) in [6, 6.07) is 8.10. The summed E-state index contributed by atoms with van der Waals surface area (Å²) in [7, 11) is 0. The Bertz CT molecular complexity index is 599. The molecule has 0 fully saturated rings. The summed E-state index contributed by atoms with van der Waals surface area (Å²) in [4.78, 5) is 15.7. The number of hydrogen-bond acceptors (Lipinski definition) is 3. The Labute approximate surface area is 123 Å². The molecule has 104 valence electrons. The molecule has 1 heterocycles. The van der Waals surface area contributed by atoms with Crippen LogP contribution in [-0.2, 0) is 11.3 Å². The lowest BCUT2D eigenvalue weighted by Gasteiger charge is -2.03. The Balaban J connectivity index is 2.07. The minimum absolute atomic E-state index is 0.157. The molecule has 0 radical (unpaired) electrons. The number of aromatic nitrogens is 1. The molecule has 0 spiro atoms. The van der Waals surface area contributed by atoms with Gasteiger partial charge in [-0.05, 0) is 17.6 Å². The van der Waals surface area contributed by atoms with Crippen LogP contribution in [0.25, 0.3) is 10.6 Å². The number of hydrogen-bond donors (Lipinski definition) is 1. The van der Waals surface area contributed by atoms with Gasteiger partial charge in [-0.25, -0.2) is 4.98 Å². The minimum atomic E-state index is -0.157. The summed E-state index contributed by atoms with van der Waals surface area (Å²) in [5, 5.41) is 5.90. The van der Waals surface area contributed by atoms with Crippen molar-refractivity contribution in [3.63, 3.8) is 0 Å². The van der Waals surface area contributed by atoms with E-state index in [2.05, 4.69) is 36.1 Å². The zero-order chi connectivity index (χ0) is 14.5. The topological polar surface area (TPSA) is 42.0 Å². The number of benzene rings is 1. The number of nitrogens with zero attached hydrogens (tertiary/aromatic N) is 1. The fourth-order valence-corrected chi connectivity index (χ4v) is 2.70. The van der Waals surface area contributed by atoms with Gasteiger partial charge in [-0.15, -0.1) is 11.3 Å². The maximum atomic E-state index is 11.1. The zero-order valence-corrected chi connectivity index (χ0v) is 12.5. The van der Waals surface area contributed by atoms with Gasteiger partial charge in [-0.3, -0.25) is 4.79 Å². The summed E-state index contributed by atoms with van der Waals surface area (Å²) < 4.78 is 0. The van der Waals surface area contributed by atoms with Gasteiger partial charge in [0, 0.05) is 17.5 Å². The maximum absolute atomic E-state index is 11.1. The Morgan fingerprint density at radius 3 is 2.65 bits per heavy atom. The monoisotopic (exact) mass is 286 g/mol. The Hall–Kier alpha value is -1.94. The van der Waals surface area contributed by atoms with Crippen LogP contribution in [0.4, 0.5) is 0 Å². The number of carbonyl (C=O) groups is 1. The average molecular weight is 286 g/mol. The highest BCUT2D eigenvalue weighted by Crippen LogP contribution is 2.26. The molecule has 0 atom stereocenters. The minimum Gasteiger partial charge on any atom is -0.348 e. The third-order valence-electron chi connectivity index (χ3n) is 2.97. The van der Waals surface area contributed by atoms with Crippen molar-refractivity contribution >= 4 is 17.2 Å². The van der Waals surface area contributed by atoms with Crippen molar-refractivity contribution in [3.05, 3.63) is 53.6 Å². The van der Waals surface area contributed by atoms with Crippen molar-refractivity contribution < 1.29 is 4.79 Å². The van der Waals surface area contributed by atoms with Gasteiger partial charge in [0.05, 0.1) is 5.69 Å². The fraction of sp³-hybridized carbons (Fsp3) is 0.250. The van der Waals surface area contributed by atoms with Crippen molar-refractivity contribution in [3.8, 4) is 10.6 Å². The molecule has 1 aromatic carbocycles. The fourth-order valence-electron chi connectivity index (χ4n) is 1.71. The highest BCUT2D eigenvalue weighted by atomic mass is 32.1. The molecule has 0 aliphatic heterocycles. The van der Waals surface area contributed by atoms with Gasteiger partial charge in [0.25, 0.3) is 0 Å². The molecular weight excluding hydrogens is 268 g/mol. The van der Waals surface area contributed by atoms with E-state index in [0.717, 1.165) is 21.8 Å². The second-order valence-corrected chi connectivity index (χ2v) is 5.71. The third-order valence-corrected chi connectivity index (χ3v) is 3.88. The molecule has 1 N–H and O–H groups in total. The molecule has 2 rings (SSSR count). The molecule has 3 nitrogen and oxygen atoms in total. The first-order valence-corrected chi connectivity index (χ1v) is 7.43. The normalized spacial score (nSPS) is 10.6. The van der Waals surface area contributed by atoms with E-state index >= 15 is 0 Å². The van der Waals surface area contributed by atoms with Crippen LogP contribution in [0.1, 0.15) is 31.0 Å². The first-order chi connectivity index (χ1) is 9.60. The number of carbonyl (C=O) groups excluding carboxylic acids is 1. The van der Waals surface area contributed by atoms with Crippen LogP contribution in [0.15, 0.2) is 42.3 Å². The van der Waals surface area contributed by atoms with Crippen LogP contribution in [0.5, 0.6) is 0 Å². The van der Waals surface area contributed by atoms with Gasteiger partial charge in [0.2, 0.25) is 5.91 Å². The maximum Gasteiger partial charge on any atom is 0.243 e. The summed E-state index contributed by atoms with van der Waals surface area (Å²) in [5.74, 6) is 0.295. The second kappa shape index (κ2) is 6.48.